The number of fused-ring (bicyclic) bond motifs is 10. The topological polar surface area (TPSA) is 9.86 Å². The molecule has 5 heteroatoms. The van der Waals surface area contributed by atoms with Gasteiger partial charge in [0.2, 0.25) is 0 Å². The second kappa shape index (κ2) is 9.39. The summed E-state index contributed by atoms with van der Waals surface area (Å²) in [6, 6.07) is 28.7. The molecule has 0 amide bonds. The number of aryl methyl sites for hydroxylation is 2. The van der Waals surface area contributed by atoms with Crippen molar-refractivity contribution in [3.05, 3.63) is 106 Å². The van der Waals surface area contributed by atoms with E-state index in [4.69, 9.17) is 0 Å². The Morgan fingerprint density at radius 1 is 0.535 bits per heavy atom. The van der Waals surface area contributed by atoms with Crippen LogP contribution in [0.5, 0.6) is 0 Å². The second-order valence-corrected chi connectivity index (χ2v) is 27.7. The third-order valence-electron chi connectivity index (χ3n) is 9.64. The van der Waals surface area contributed by atoms with Crippen molar-refractivity contribution in [2.75, 3.05) is 0 Å². The number of hydrogen-bond acceptors (Lipinski definition) is 0. The molecule has 0 radical (unpaired) electrons. The van der Waals surface area contributed by atoms with Crippen LogP contribution in [0.15, 0.2) is 72.8 Å². The zero-order valence-electron chi connectivity index (χ0n) is 26.7. The summed E-state index contributed by atoms with van der Waals surface area (Å²) in [6.45, 7) is 19.4. The van der Waals surface area contributed by atoms with E-state index >= 15 is 0 Å². The predicted molar refractivity (Wildman–Crippen MR) is 187 cm³/mol. The summed E-state index contributed by atoms with van der Waals surface area (Å²) >= 11 is -1.04. The number of nitrogens with zero attached hydrogens (tertiary/aromatic N) is 2. The zero-order valence-corrected chi connectivity index (χ0v) is 31.2. The van der Waals surface area contributed by atoms with Gasteiger partial charge in [-0.15, -0.1) is 0 Å². The summed E-state index contributed by atoms with van der Waals surface area (Å²) in [6.07, 6.45) is 2.16. The molecule has 0 aliphatic heterocycles. The van der Waals surface area contributed by atoms with Crippen molar-refractivity contribution in [1.29, 1.82) is 0 Å². The van der Waals surface area contributed by atoms with Gasteiger partial charge in [-0.25, -0.2) is 0 Å². The second-order valence-electron chi connectivity index (χ2n) is 14.8. The van der Waals surface area contributed by atoms with Gasteiger partial charge in [-0.3, -0.25) is 0 Å². The van der Waals surface area contributed by atoms with E-state index in [1.807, 2.05) is 0 Å². The van der Waals surface area contributed by atoms with Gasteiger partial charge in [-0.05, 0) is 0 Å². The normalized spacial score (nSPS) is 13.9. The van der Waals surface area contributed by atoms with Gasteiger partial charge < -0.3 is 0 Å². The Labute approximate surface area is 269 Å². The van der Waals surface area contributed by atoms with Crippen LogP contribution < -0.4 is 6.54 Å². The third kappa shape index (κ3) is 4.11. The molecule has 0 atom stereocenters. The molecular weight excluding hydrogens is 632 g/mol. The Kier molecular flexibility index (Phi) is 6.07. The average Bonchev–Trinajstić information content (AvgIpc) is 3.65. The van der Waals surface area contributed by atoms with E-state index in [0.29, 0.717) is 0 Å². The summed E-state index contributed by atoms with van der Waals surface area (Å²) in [4.78, 5) is 0. The maximum absolute atomic E-state index is 2.76. The van der Waals surface area contributed by atoms with E-state index in [0.717, 1.165) is 12.8 Å². The third-order valence-corrected chi connectivity index (χ3v) is 16.9. The maximum atomic E-state index is 2.76. The molecule has 0 saturated heterocycles. The van der Waals surface area contributed by atoms with Crippen LogP contribution in [0, 0.1) is 13.8 Å². The molecule has 2 heterocycles. The zero-order chi connectivity index (χ0) is 30.0. The van der Waals surface area contributed by atoms with Crippen LogP contribution in [0.3, 0.4) is 0 Å². The van der Waals surface area contributed by atoms with Crippen LogP contribution >= 0.6 is 0 Å². The van der Waals surface area contributed by atoms with Crippen LogP contribution in [-0.4, -0.2) is 24.9 Å². The van der Waals surface area contributed by atoms with E-state index in [9.17, 15) is 0 Å². The summed E-state index contributed by atoms with van der Waals surface area (Å²) in [5.41, 5.74) is 18.0. The monoisotopic (exact) mass is 670 g/mol. The van der Waals surface area contributed by atoms with Gasteiger partial charge >= 0.3 is 271 Å². The molecule has 4 aromatic carbocycles. The fourth-order valence-electron chi connectivity index (χ4n) is 7.99. The molecule has 0 spiro atoms. The summed E-state index contributed by atoms with van der Waals surface area (Å²) < 4.78 is 8.85. The number of benzene rings is 4. The van der Waals surface area contributed by atoms with Crippen molar-refractivity contribution in [1.82, 2.24) is 8.47 Å². The molecule has 6 aromatic rings. The Bertz CT molecular complexity index is 2000. The van der Waals surface area contributed by atoms with Crippen molar-refractivity contribution in [2.45, 2.75) is 66.0 Å². The first-order chi connectivity index (χ1) is 20.4. The van der Waals surface area contributed by atoms with Gasteiger partial charge in [-0.2, -0.15) is 0 Å². The molecule has 214 valence electrons. The van der Waals surface area contributed by atoms with Gasteiger partial charge in [0.05, 0.1) is 0 Å². The molecule has 0 saturated carbocycles. The summed E-state index contributed by atoms with van der Waals surface area (Å²) in [5.74, 6) is 0. The number of hydrogen-bond donors (Lipinski definition) is 0. The first-order valence-electron chi connectivity index (χ1n) is 15.7. The Morgan fingerprint density at radius 3 is 1.35 bits per heavy atom. The van der Waals surface area contributed by atoms with E-state index in [1.54, 1.807) is 28.8 Å². The van der Waals surface area contributed by atoms with Gasteiger partial charge in [0.25, 0.3) is 0 Å². The minimum atomic E-state index is -1.64. The van der Waals surface area contributed by atoms with E-state index < -0.39 is 39.7 Å². The minimum absolute atomic E-state index is 1.04. The summed E-state index contributed by atoms with van der Waals surface area (Å²) in [5, 5.41) is 2.96. The van der Waals surface area contributed by atoms with Crippen LogP contribution in [0.2, 0.25) is 39.3 Å². The SMILES string of the molecule is Cc1ccc2c(c1)c1c(n2[Si](C)(C)C)-c2ccc[c]([Zr][c]3cccc4c3Cc3c-4n([Si](C)(C)C)c4ccc(C)cc34)c2C1. The molecule has 2 aliphatic rings. The van der Waals surface area contributed by atoms with Gasteiger partial charge in [0.1, 0.15) is 0 Å². The molecule has 0 unspecified atom stereocenters. The fourth-order valence-corrected chi connectivity index (χ4v) is 15.1. The number of rotatable bonds is 4. The van der Waals surface area contributed by atoms with Crippen molar-refractivity contribution < 1.29 is 23.2 Å². The average molecular weight is 672 g/mol. The van der Waals surface area contributed by atoms with Crippen molar-refractivity contribution >= 4 is 44.8 Å². The van der Waals surface area contributed by atoms with E-state index in [2.05, 4.69) is 134 Å². The molecular formula is C38H40N2Si2Zr. The van der Waals surface area contributed by atoms with Gasteiger partial charge in [0.15, 0.2) is 0 Å². The van der Waals surface area contributed by atoms with Gasteiger partial charge in [0, 0.05) is 0 Å². The first-order valence-corrected chi connectivity index (χ1v) is 25.1. The first kappa shape index (κ1) is 27.8. The molecule has 2 aromatic heterocycles. The van der Waals surface area contributed by atoms with Crippen LogP contribution in [-0.2, 0) is 36.1 Å². The molecule has 43 heavy (non-hydrogen) atoms. The van der Waals surface area contributed by atoms with Crippen LogP contribution in [0.25, 0.3) is 44.3 Å². The standard InChI is InChI=1S/2C19H20NSi.Zr/c2*1-13-9-10-18-16(11-13)17-12-14-7-5-6-8-15(14)19(17)20(18)21(2,3)4;/h2*5-6,8-11H,12H2,1-4H3;. The van der Waals surface area contributed by atoms with Crippen molar-refractivity contribution in [3.63, 3.8) is 0 Å². The van der Waals surface area contributed by atoms with Crippen molar-refractivity contribution in [3.8, 4) is 22.5 Å². The molecule has 0 fully saturated rings. The Balaban J connectivity index is 1.27. The van der Waals surface area contributed by atoms with Crippen LogP contribution in [0.4, 0.5) is 0 Å². The molecule has 0 N–H and O–H groups in total. The van der Waals surface area contributed by atoms with Gasteiger partial charge in [-0.1, -0.05) is 0 Å². The Hall–Kier alpha value is -2.72. The predicted octanol–water partition coefficient (Wildman–Crippen LogP) is 8.75. The summed E-state index contributed by atoms with van der Waals surface area (Å²) in [7, 11) is -3.28. The van der Waals surface area contributed by atoms with Crippen molar-refractivity contribution in [2.24, 2.45) is 0 Å². The van der Waals surface area contributed by atoms with Crippen LogP contribution in [0.1, 0.15) is 33.4 Å². The van der Waals surface area contributed by atoms with E-state index in [-0.39, 0.29) is 0 Å². The van der Waals surface area contributed by atoms with E-state index in [1.165, 1.54) is 55.4 Å². The number of aromatic nitrogens is 2. The fraction of sp³-hybridized carbons (Fsp3) is 0.263. The molecule has 8 rings (SSSR count). The Morgan fingerprint density at radius 2 is 0.953 bits per heavy atom. The molecule has 0 bridgehead atoms. The quantitative estimate of drug-likeness (QED) is 0.166. The molecule has 2 nitrogen and oxygen atoms in total. The molecule has 2 aliphatic carbocycles.